The molecular formula is C28H28ClP. The van der Waals surface area contributed by atoms with Crippen molar-refractivity contribution in [2.24, 2.45) is 0 Å². The summed E-state index contributed by atoms with van der Waals surface area (Å²) in [6, 6.07) is 42.5. The van der Waals surface area contributed by atoms with Crippen LogP contribution in [0.4, 0.5) is 0 Å². The first kappa shape index (κ1) is 22.3. The van der Waals surface area contributed by atoms with Gasteiger partial charge >= 0.3 is 0 Å². The zero-order chi connectivity index (χ0) is 20.3. The molecule has 0 aliphatic carbocycles. The van der Waals surface area contributed by atoms with Crippen LogP contribution < -0.4 is 33.6 Å². The minimum absolute atomic E-state index is 0. The van der Waals surface area contributed by atoms with Crippen LogP contribution in [-0.2, 0) is 5.41 Å². The van der Waals surface area contributed by atoms with E-state index in [0.29, 0.717) is 0 Å². The van der Waals surface area contributed by atoms with E-state index in [1.54, 1.807) is 0 Å². The standard InChI is InChI=1S/C28H28P.ClH/c1-28(2,3)23-19-21-27(22-20-23)29(24-13-7-4-8-14-24,25-15-9-5-10-16-25)26-17-11-6-12-18-26;/h4-22H,1-3H3;1H/q+1;/p-1. The van der Waals surface area contributed by atoms with Crippen LogP contribution in [0.2, 0.25) is 0 Å². The van der Waals surface area contributed by atoms with E-state index in [1.807, 2.05) is 0 Å². The molecule has 4 aromatic rings. The van der Waals surface area contributed by atoms with Gasteiger partial charge in [-0.1, -0.05) is 87.5 Å². The second-order valence-electron chi connectivity index (χ2n) is 8.47. The first-order valence-corrected chi connectivity index (χ1v) is 12.0. The van der Waals surface area contributed by atoms with Crippen molar-refractivity contribution in [3.05, 3.63) is 121 Å². The Labute approximate surface area is 187 Å². The van der Waals surface area contributed by atoms with Crippen LogP contribution in [0.3, 0.4) is 0 Å². The van der Waals surface area contributed by atoms with Crippen LogP contribution in [0, 0.1) is 0 Å². The Morgan fingerprint density at radius 1 is 0.433 bits per heavy atom. The monoisotopic (exact) mass is 430 g/mol. The van der Waals surface area contributed by atoms with Crippen molar-refractivity contribution in [2.45, 2.75) is 26.2 Å². The van der Waals surface area contributed by atoms with Gasteiger partial charge in [0.2, 0.25) is 0 Å². The lowest BCUT2D eigenvalue weighted by atomic mass is 9.87. The summed E-state index contributed by atoms with van der Waals surface area (Å²) in [7, 11) is -1.98. The quantitative estimate of drug-likeness (QED) is 0.437. The molecule has 0 saturated carbocycles. The summed E-state index contributed by atoms with van der Waals surface area (Å²) in [5.41, 5.74) is 1.51. The molecule has 4 aromatic carbocycles. The lowest BCUT2D eigenvalue weighted by molar-refractivity contribution is -0.00000605. The lowest BCUT2D eigenvalue weighted by Crippen LogP contribution is -3.00. The van der Waals surface area contributed by atoms with Gasteiger partial charge in [0.05, 0.1) is 0 Å². The minimum atomic E-state index is -1.98. The highest BCUT2D eigenvalue weighted by Gasteiger charge is 2.47. The van der Waals surface area contributed by atoms with E-state index in [0.717, 1.165) is 0 Å². The molecule has 0 aliphatic heterocycles. The summed E-state index contributed by atoms with van der Waals surface area (Å²) in [5, 5.41) is 5.57. The fraction of sp³-hybridized carbons (Fsp3) is 0.143. The van der Waals surface area contributed by atoms with Gasteiger partial charge in [0, 0.05) is 0 Å². The van der Waals surface area contributed by atoms with Gasteiger partial charge in [0.1, 0.15) is 28.5 Å². The van der Waals surface area contributed by atoms with E-state index in [1.165, 1.54) is 26.8 Å². The molecule has 0 saturated heterocycles. The van der Waals surface area contributed by atoms with Crippen molar-refractivity contribution in [3.8, 4) is 0 Å². The van der Waals surface area contributed by atoms with Crippen LogP contribution in [0.5, 0.6) is 0 Å². The number of benzene rings is 4. The van der Waals surface area contributed by atoms with Crippen molar-refractivity contribution in [2.75, 3.05) is 0 Å². The molecule has 0 radical (unpaired) electrons. The van der Waals surface area contributed by atoms with Crippen LogP contribution in [0.25, 0.3) is 0 Å². The second kappa shape index (κ2) is 9.17. The second-order valence-corrected chi connectivity index (χ2v) is 11.9. The average molecular weight is 431 g/mol. The Morgan fingerprint density at radius 2 is 0.733 bits per heavy atom. The molecule has 4 rings (SSSR count). The van der Waals surface area contributed by atoms with E-state index in [-0.39, 0.29) is 17.8 Å². The zero-order valence-electron chi connectivity index (χ0n) is 17.8. The maximum absolute atomic E-state index is 2.36. The number of halogens is 1. The third-order valence-corrected chi connectivity index (χ3v) is 9.84. The maximum Gasteiger partial charge on any atom is 0.144 e. The molecule has 0 N–H and O–H groups in total. The number of hydrogen-bond acceptors (Lipinski definition) is 0. The Hall–Kier alpha value is -2.40. The molecule has 0 aliphatic rings. The maximum atomic E-state index is 2.36. The van der Waals surface area contributed by atoms with Crippen LogP contribution in [0.1, 0.15) is 26.3 Å². The predicted octanol–water partition coefficient (Wildman–Crippen LogP) is 2.61. The van der Waals surface area contributed by atoms with E-state index in [9.17, 15) is 0 Å². The normalized spacial score (nSPS) is 11.6. The average Bonchev–Trinajstić information content (AvgIpc) is 2.76. The molecule has 0 aromatic heterocycles. The molecule has 0 spiro atoms. The van der Waals surface area contributed by atoms with Crippen molar-refractivity contribution in [3.63, 3.8) is 0 Å². The van der Waals surface area contributed by atoms with E-state index >= 15 is 0 Å². The fourth-order valence-corrected chi connectivity index (χ4v) is 8.28. The van der Waals surface area contributed by atoms with Crippen molar-refractivity contribution in [1.29, 1.82) is 0 Å². The SMILES string of the molecule is CC(C)(C)c1ccc([P+](c2ccccc2)(c2ccccc2)c2ccccc2)cc1.[Cl-]. The Kier molecular flexibility index (Phi) is 6.81. The Morgan fingerprint density at radius 3 is 1.03 bits per heavy atom. The zero-order valence-corrected chi connectivity index (χ0v) is 19.4. The largest absolute Gasteiger partial charge is 1.00 e. The van der Waals surface area contributed by atoms with Gasteiger partial charge in [-0.25, -0.2) is 0 Å². The highest BCUT2D eigenvalue weighted by atomic mass is 35.5. The van der Waals surface area contributed by atoms with Gasteiger partial charge < -0.3 is 12.4 Å². The smallest absolute Gasteiger partial charge is 0.144 e. The predicted molar refractivity (Wildman–Crippen MR) is 130 cm³/mol. The molecule has 0 fully saturated rings. The summed E-state index contributed by atoms with van der Waals surface area (Å²) in [5.74, 6) is 0. The molecule has 2 heteroatoms. The third kappa shape index (κ3) is 4.08. The van der Waals surface area contributed by atoms with Gasteiger partial charge in [0.25, 0.3) is 0 Å². The summed E-state index contributed by atoms with van der Waals surface area (Å²) >= 11 is 0. The van der Waals surface area contributed by atoms with Gasteiger partial charge in [-0.3, -0.25) is 0 Å². The topological polar surface area (TPSA) is 0 Å². The van der Waals surface area contributed by atoms with Gasteiger partial charge in [-0.2, -0.15) is 0 Å². The van der Waals surface area contributed by atoms with E-state index in [4.69, 9.17) is 0 Å². The van der Waals surface area contributed by atoms with Crippen LogP contribution >= 0.6 is 7.26 Å². The van der Waals surface area contributed by atoms with Crippen LogP contribution in [0.15, 0.2) is 115 Å². The first-order chi connectivity index (χ1) is 14.0. The molecule has 0 unspecified atom stereocenters. The highest BCUT2D eigenvalue weighted by molar-refractivity contribution is 8.01. The lowest BCUT2D eigenvalue weighted by Gasteiger charge is -2.28. The molecular weight excluding hydrogens is 403 g/mol. The summed E-state index contributed by atoms with van der Waals surface area (Å²) in [4.78, 5) is 0. The summed E-state index contributed by atoms with van der Waals surface area (Å²) in [6.45, 7) is 6.82. The first-order valence-electron chi connectivity index (χ1n) is 10.2. The van der Waals surface area contributed by atoms with Gasteiger partial charge in [-0.05, 0) is 59.5 Å². The van der Waals surface area contributed by atoms with Gasteiger partial charge in [-0.15, -0.1) is 0 Å². The number of rotatable bonds is 4. The molecule has 0 amide bonds. The Balaban J connectivity index is 0.00000256. The number of hydrogen-bond donors (Lipinski definition) is 0. The van der Waals surface area contributed by atoms with Crippen molar-refractivity contribution < 1.29 is 12.4 Å². The minimum Gasteiger partial charge on any atom is -1.00 e. The molecule has 152 valence electrons. The molecule has 0 nitrogen and oxygen atoms in total. The Bertz CT molecular complexity index is 954. The molecule has 0 atom stereocenters. The van der Waals surface area contributed by atoms with Crippen LogP contribution in [-0.4, -0.2) is 0 Å². The molecule has 0 heterocycles. The van der Waals surface area contributed by atoms with E-state index in [2.05, 4.69) is 136 Å². The molecule has 30 heavy (non-hydrogen) atoms. The molecule has 0 bridgehead atoms. The van der Waals surface area contributed by atoms with Crippen molar-refractivity contribution >= 4 is 28.5 Å². The van der Waals surface area contributed by atoms with E-state index < -0.39 is 7.26 Å². The summed E-state index contributed by atoms with van der Waals surface area (Å²) in [6.07, 6.45) is 0. The highest BCUT2D eigenvalue weighted by Crippen LogP contribution is 2.54. The van der Waals surface area contributed by atoms with Crippen molar-refractivity contribution in [1.82, 2.24) is 0 Å². The summed E-state index contributed by atoms with van der Waals surface area (Å²) < 4.78 is 0. The third-order valence-electron chi connectivity index (χ3n) is 5.55. The fourth-order valence-electron chi connectivity index (χ4n) is 4.03. The van der Waals surface area contributed by atoms with Gasteiger partial charge in [0.15, 0.2) is 0 Å².